The topological polar surface area (TPSA) is 77.4 Å². The van der Waals surface area contributed by atoms with Gasteiger partial charge in [0.1, 0.15) is 11.5 Å². The molecule has 0 radical (unpaired) electrons. The molecule has 0 amide bonds. The Morgan fingerprint density at radius 3 is 1.38 bits per heavy atom. The van der Waals surface area contributed by atoms with E-state index in [0.717, 1.165) is 24.0 Å². The average molecular weight is 513 g/mol. The normalized spacial score (nSPS) is 18.3. The highest BCUT2D eigenvalue weighted by molar-refractivity contribution is 5.63. The molecule has 0 unspecified atom stereocenters. The fourth-order valence-corrected chi connectivity index (χ4v) is 6.72. The Morgan fingerprint density at radius 2 is 1.00 bits per heavy atom. The van der Waals surface area contributed by atoms with Crippen LogP contribution in [0.1, 0.15) is 73.9 Å². The number of fused-ring (bicyclic) bond motifs is 4. The van der Waals surface area contributed by atoms with Crippen LogP contribution in [-0.2, 0) is 48.0 Å². The van der Waals surface area contributed by atoms with E-state index in [1.54, 1.807) is 14.2 Å². The minimum atomic E-state index is -0.242. The molecule has 0 heterocycles. The van der Waals surface area contributed by atoms with Crippen LogP contribution in [0, 0.1) is 0 Å². The molecule has 2 aliphatic carbocycles. The van der Waals surface area contributed by atoms with Crippen molar-refractivity contribution in [3.8, 4) is 11.5 Å². The second-order valence-corrected chi connectivity index (χ2v) is 12.0. The van der Waals surface area contributed by atoms with Gasteiger partial charge in [-0.2, -0.15) is 0 Å². The van der Waals surface area contributed by atoms with Crippen molar-refractivity contribution in [1.82, 2.24) is 0 Å². The first-order valence-corrected chi connectivity index (χ1v) is 13.4. The molecular formula is C31H44O6. The predicted octanol–water partition coefficient (Wildman–Crippen LogP) is 5.16. The number of hydrogen-bond acceptors (Lipinski definition) is 6. The molecular weight excluding hydrogens is 468 g/mol. The molecule has 204 valence electrons. The zero-order valence-electron chi connectivity index (χ0n) is 23.4. The third-order valence-corrected chi connectivity index (χ3v) is 8.31. The monoisotopic (exact) mass is 512 g/mol. The van der Waals surface area contributed by atoms with Gasteiger partial charge in [0.2, 0.25) is 0 Å². The second kappa shape index (κ2) is 10.9. The second-order valence-electron chi connectivity index (χ2n) is 12.0. The summed E-state index contributed by atoms with van der Waals surface area (Å²) in [5.74, 6) is 0.651. The van der Waals surface area contributed by atoms with E-state index < -0.39 is 0 Å². The lowest BCUT2D eigenvalue weighted by atomic mass is 9.72. The van der Waals surface area contributed by atoms with Crippen LogP contribution in [0.3, 0.4) is 0 Å². The molecule has 2 aromatic carbocycles. The third kappa shape index (κ3) is 5.40. The van der Waals surface area contributed by atoms with Gasteiger partial charge in [-0.3, -0.25) is 0 Å². The van der Waals surface area contributed by atoms with Crippen LogP contribution in [0.5, 0.6) is 11.5 Å². The largest absolute Gasteiger partial charge is 0.508 e. The van der Waals surface area contributed by atoms with Gasteiger partial charge in [0.25, 0.3) is 0 Å². The number of phenols is 2. The minimum Gasteiger partial charge on any atom is -0.508 e. The van der Waals surface area contributed by atoms with Gasteiger partial charge in [-0.05, 0) is 82.0 Å². The quantitative estimate of drug-likeness (QED) is 0.383. The van der Waals surface area contributed by atoms with E-state index in [0.29, 0.717) is 64.0 Å². The number of methoxy groups -OCH3 is 2. The van der Waals surface area contributed by atoms with Crippen LogP contribution in [0.2, 0.25) is 0 Å². The number of benzene rings is 2. The standard InChI is InChI=1S/C31H44O6/c1-29(2)19-31(25-17-27(32)21(15-23(25)29)7-9-36-13-11-34-5)20-30(3,4)24-16-22(28(33)18-26(24)31)8-10-37-14-12-35-6/h15-18,32-33H,7-14,19-20H2,1-6H3. The van der Waals surface area contributed by atoms with Gasteiger partial charge in [-0.1, -0.05) is 39.8 Å². The smallest absolute Gasteiger partial charge is 0.119 e. The number of hydrogen-bond donors (Lipinski definition) is 2. The fourth-order valence-electron chi connectivity index (χ4n) is 6.72. The van der Waals surface area contributed by atoms with Gasteiger partial charge < -0.3 is 29.2 Å². The maximum absolute atomic E-state index is 11.1. The van der Waals surface area contributed by atoms with E-state index in [1.807, 2.05) is 12.1 Å². The lowest BCUT2D eigenvalue weighted by Gasteiger charge is -2.30. The molecule has 0 atom stereocenters. The summed E-state index contributed by atoms with van der Waals surface area (Å²) < 4.78 is 21.4. The molecule has 0 saturated carbocycles. The SMILES string of the molecule is COCCOCCc1cc2c(cc1O)C1(CC2(C)C)CC(C)(C)c2cc(CCOCCOC)c(O)cc21. The maximum Gasteiger partial charge on any atom is 0.119 e. The van der Waals surface area contributed by atoms with Crippen molar-refractivity contribution >= 4 is 0 Å². The van der Waals surface area contributed by atoms with Crippen molar-refractivity contribution in [2.75, 3.05) is 53.9 Å². The molecule has 2 aliphatic rings. The molecule has 0 aromatic heterocycles. The molecule has 4 rings (SSSR count). The summed E-state index contributed by atoms with van der Waals surface area (Å²) >= 11 is 0. The average Bonchev–Trinajstić information content (AvgIpc) is 3.18. The van der Waals surface area contributed by atoms with Crippen LogP contribution in [0.15, 0.2) is 24.3 Å². The van der Waals surface area contributed by atoms with E-state index in [1.165, 1.54) is 22.3 Å². The summed E-state index contributed by atoms with van der Waals surface area (Å²) in [6, 6.07) is 8.37. The Bertz CT molecular complexity index is 1020. The number of ether oxygens (including phenoxy) is 4. The Kier molecular flexibility index (Phi) is 8.25. The molecule has 2 aromatic rings. The Labute approximate surface area is 221 Å². The van der Waals surface area contributed by atoms with Crippen LogP contribution < -0.4 is 0 Å². The first-order chi connectivity index (χ1) is 17.6. The minimum absolute atomic E-state index is 0.0597. The molecule has 2 N–H and O–H groups in total. The summed E-state index contributed by atoms with van der Waals surface area (Å²) in [5.41, 5.74) is 6.45. The fraction of sp³-hybridized carbons (Fsp3) is 0.613. The van der Waals surface area contributed by atoms with Crippen molar-refractivity contribution in [3.05, 3.63) is 57.6 Å². The van der Waals surface area contributed by atoms with Gasteiger partial charge in [-0.15, -0.1) is 0 Å². The lowest BCUT2D eigenvalue weighted by molar-refractivity contribution is 0.0720. The number of phenolic OH excluding ortho intramolecular Hbond substituents is 2. The van der Waals surface area contributed by atoms with E-state index in [9.17, 15) is 10.2 Å². The molecule has 0 bridgehead atoms. The van der Waals surface area contributed by atoms with E-state index in [4.69, 9.17) is 18.9 Å². The molecule has 1 spiro atoms. The van der Waals surface area contributed by atoms with E-state index >= 15 is 0 Å². The highest BCUT2D eigenvalue weighted by Gasteiger charge is 2.56. The van der Waals surface area contributed by atoms with Crippen LogP contribution >= 0.6 is 0 Å². The number of rotatable bonds is 12. The predicted molar refractivity (Wildman–Crippen MR) is 145 cm³/mol. The van der Waals surface area contributed by atoms with Crippen molar-refractivity contribution in [3.63, 3.8) is 0 Å². The zero-order valence-corrected chi connectivity index (χ0v) is 23.4. The molecule has 6 nitrogen and oxygen atoms in total. The zero-order chi connectivity index (χ0) is 26.8. The lowest BCUT2D eigenvalue weighted by Crippen LogP contribution is -2.26. The molecule has 0 fully saturated rings. The van der Waals surface area contributed by atoms with Crippen LogP contribution in [0.25, 0.3) is 0 Å². The molecule has 37 heavy (non-hydrogen) atoms. The van der Waals surface area contributed by atoms with Crippen molar-refractivity contribution in [1.29, 1.82) is 0 Å². The summed E-state index contributed by atoms with van der Waals surface area (Å²) in [6.07, 6.45) is 3.20. The highest BCUT2D eigenvalue weighted by Crippen LogP contribution is 2.63. The summed E-state index contributed by atoms with van der Waals surface area (Å²) in [4.78, 5) is 0. The summed E-state index contributed by atoms with van der Waals surface area (Å²) in [5, 5.41) is 22.1. The van der Waals surface area contributed by atoms with Gasteiger partial charge >= 0.3 is 0 Å². The van der Waals surface area contributed by atoms with Crippen molar-refractivity contribution < 1.29 is 29.2 Å². The van der Waals surface area contributed by atoms with Gasteiger partial charge in [0.05, 0.1) is 39.6 Å². The maximum atomic E-state index is 11.1. The summed E-state index contributed by atoms with van der Waals surface area (Å²) in [6.45, 7) is 12.5. The molecule has 0 aliphatic heterocycles. The third-order valence-electron chi connectivity index (χ3n) is 8.31. The Balaban J connectivity index is 1.67. The first kappa shape index (κ1) is 27.9. The van der Waals surface area contributed by atoms with E-state index in [-0.39, 0.29) is 16.2 Å². The van der Waals surface area contributed by atoms with Crippen LogP contribution in [-0.4, -0.2) is 64.1 Å². The highest BCUT2D eigenvalue weighted by atomic mass is 16.5. The Morgan fingerprint density at radius 1 is 0.595 bits per heavy atom. The van der Waals surface area contributed by atoms with Gasteiger partial charge in [-0.25, -0.2) is 0 Å². The van der Waals surface area contributed by atoms with Crippen LogP contribution in [0.4, 0.5) is 0 Å². The van der Waals surface area contributed by atoms with E-state index in [2.05, 4.69) is 39.8 Å². The Hall–Kier alpha value is -2.12. The van der Waals surface area contributed by atoms with Crippen molar-refractivity contribution in [2.45, 2.75) is 69.6 Å². The van der Waals surface area contributed by atoms with Gasteiger partial charge in [0.15, 0.2) is 0 Å². The van der Waals surface area contributed by atoms with Crippen molar-refractivity contribution in [2.24, 2.45) is 0 Å². The summed E-state index contributed by atoms with van der Waals surface area (Å²) in [7, 11) is 3.32. The molecule has 6 heteroatoms. The number of aromatic hydroxyl groups is 2. The van der Waals surface area contributed by atoms with Gasteiger partial charge in [0, 0.05) is 19.6 Å². The first-order valence-electron chi connectivity index (χ1n) is 13.4. The molecule has 0 saturated heterocycles.